The number of nitrogens with one attached hydrogen (secondary N) is 2. The predicted molar refractivity (Wildman–Crippen MR) is 60.2 cm³/mol. The van der Waals surface area contributed by atoms with E-state index in [9.17, 15) is 9.59 Å². The largest absolute Gasteiger partial charge is 0.465 e. The Balaban J connectivity index is 2.49. The van der Waals surface area contributed by atoms with Crippen LogP contribution in [0.2, 0.25) is 0 Å². The van der Waals surface area contributed by atoms with Crippen molar-refractivity contribution in [1.29, 1.82) is 0 Å². The van der Waals surface area contributed by atoms with Crippen molar-refractivity contribution in [3.8, 4) is 0 Å². The molecule has 2 amide bonds. The van der Waals surface area contributed by atoms with Gasteiger partial charge in [0.05, 0.1) is 0 Å². The van der Waals surface area contributed by atoms with Crippen LogP contribution in [0.3, 0.4) is 0 Å². The molecule has 0 radical (unpaired) electrons. The normalized spacial score (nSPS) is 18.4. The van der Waals surface area contributed by atoms with Crippen molar-refractivity contribution in [2.24, 2.45) is 5.92 Å². The summed E-state index contributed by atoms with van der Waals surface area (Å²) in [6.45, 7) is 3.66. The minimum Gasteiger partial charge on any atom is -0.465 e. The van der Waals surface area contributed by atoms with Crippen LogP contribution in [0.4, 0.5) is 4.79 Å². The number of hydrogen-bond acceptors (Lipinski definition) is 2. The first-order chi connectivity index (χ1) is 7.50. The third-order valence-corrected chi connectivity index (χ3v) is 2.93. The molecule has 0 saturated heterocycles. The topological polar surface area (TPSA) is 78.4 Å². The van der Waals surface area contributed by atoms with Crippen LogP contribution in [0.5, 0.6) is 0 Å². The van der Waals surface area contributed by atoms with E-state index in [-0.39, 0.29) is 17.9 Å². The molecule has 1 aliphatic carbocycles. The van der Waals surface area contributed by atoms with Crippen LogP contribution >= 0.6 is 0 Å². The molecule has 0 bridgehead atoms. The SMILES string of the molecule is CC(C)[C@@H](NC(=O)O)C(=O)NC1CCCC1. The molecular formula is C11H20N2O3. The quantitative estimate of drug-likeness (QED) is 0.679. The first-order valence-electron chi connectivity index (χ1n) is 5.80. The third-order valence-electron chi connectivity index (χ3n) is 2.93. The smallest absolute Gasteiger partial charge is 0.405 e. The Morgan fingerprint density at radius 1 is 1.25 bits per heavy atom. The first kappa shape index (κ1) is 12.8. The Kier molecular flexibility index (Phi) is 4.58. The third kappa shape index (κ3) is 3.72. The van der Waals surface area contributed by atoms with Crippen molar-refractivity contribution in [2.45, 2.75) is 51.6 Å². The van der Waals surface area contributed by atoms with E-state index in [1.54, 1.807) is 0 Å². The Hall–Kier alpha value is -1.26. The molecule has 0 aromatic carbocycles. The average molecular weight is 228 g/mol. The second-order valence-corrected chi connectivity index (χ2v) is 4.66. The van der Waals surface area contributed by atoms with Crippen LogP contribution < -0.4 is 10.6 Å². The van der Waals surface area contributed by atoms with E-state index in [2.05, 4.69) is 10.6 Å². The maximum Gasteiger partial charge on any atom is 0.405 e. The van der Waals surface area contributed by atoms with E-state index < -0.39 is 12.1 Å². The average Bonchev–Trinajstić information content (AvgIpc) is 2.65. The molecular weight excluding hydrogens is 208 g/mol. The molecule has 5 heteroatoms. The van der Waals surface area contributed by atoms with Crippen molar-refractivity contribution < 1.29 is 14.7 Å². The molecule has 1 fully saturated rings. The standard InChI is InChI=1S/C11H20N2O3/c1-7(2)9(13-11(15)16)10(14)12-8-5-3-4-6-8/h7-9,13H,3-6H2,1-2H3,(H,12,14)(H,15,16)/t9-/m1/s1. The first-order valence-corrected chi connectivity index (χ1v) is 5.80. The van der Waals surface area contributed by atoms with Gasteiger partial charge in [0.1, 0.15) is 6.04 Å². The Labute approximate surface area is 95.6 Å². The van der Waals surface area contributed by atoms with Gasteiger partial charge in [-0.25, -0.2) is 4.79 Å². The second kappa shape index (κ2) is 5.72. The molecule has 0 spiro atoms. The predicted octanol–water partition coefficient (Wildman–Crippen LogP) is 1.34. The minimum absolute atomic E-state index is 0.0440. The number of rotatable bonds is 4. The lowest BCUT2D eigenvalue weighted by Gasteiger charge is -2.22. The van der Waals surface area contributed by atoms with Gasteiger partial charge >= 0.3 is 6.09 Å². The summed E-state index contributed by atoms with van der Waals surface area (Å²) < 4.78 is 0. The highest BCUT2D eigenvalue weighted by Gasteiger charge is 2.26. The van der Waals surface area contributed by atoms with Gasteiger partial charge in [-0.1, -0.05) is 26.7 Å². The molecule has 0 unspecified atom stereocenters. The Morgan fingerprint density at radius 2 is 1.81 bits per heavy atom. The van der Waals surface area contributed by atoms with E-state index in [1.807, 2.05) is 13.8 Å². The van der Waals surface area contributed by atoms with Crippen LogP contribution in [0.1, 0.15) is 39.5 Å². The van der Waals surface area contributed by atoms with Gasteiger partial charge in [0.15, 0.2) is 0 Å². The second-order valence-electron chi connectivity index (χ2n) is 4.66. The van der Waals surface area contributed by atoms with Gasteiger partial charge in [0, 0.05) is 6.04 Å². The van der Waals surface area contributed by atoms with E-state index in [1.165, 1.54) is 0 Å². The number of carbonyl (C=O) groups is 2. The molecule has 1 saturated carbocycles. The Bertz CT molecular complexity index is 260. The van der Waals surface area contributed by atoms with E-state index >= 15 is 0 Å². The summed E-state index contributed by atoms with van der Waals surface area (Å²) in [6.07, 6.45) is 3.14. The lowest BCUT2D eigenvalue weighted by molar-refractivity contribution is -0.124. The molecule has 92 valence electrons. The molecule has 0 aliphatic heterocycles. The highest BCUT2D eigenvalue weighted by Crippen LogP contribution is 2.18. The van der Waals surface area contributed by atoms with Crippen molar-refractivity contribution >= 4 is 12.0 Å². The van der Waals surface area contributed by atoms with Gasteiger partial charge in [-0.3, -0.25) is 4.79 Å². The summed E-state index contributed by atoms with van der Waals surface area (Å²) in [7, 11) is 0. The van der Waals surface area contributed by atoms with Gasteiger partial charge in [-0.15, -0.1) is 0 Å². The summed E-state index contributed by atoms with van der Waals surface area (Å²) in [5, 5.41) is 13.8. The summed E-state index contributed by atoms with van der Waals surface area (Å²) >= 11 is 0. The fourth-order valence-electron chi connectivity index (χ4n) is 2.03. The molecule has 1 atom stereocenters. The van der Waals surface area contributed by atoms with E-state index in [0.717, 1.165) is 25.7 Å². The maximum absolute atomic E-state index is 11.8. The summed E-state index contributed by atoms with van der Waals surface area (Å²) in [4.78, 5) is 22.4. The fraction of sp³-hybridized carbons (Fsp3) is 0.818. The van der Waals surface area contributed by atoms with Crippen molar-refractivity contribution in [3.63, 3.8) is 0 Å². The molecule has 1 aliphatic rings. The monoisotopic (exact) mass is 228 g/mol. The molecule has 5 nitrogen and oxygen atoms in total. The van der Waals surface area contributed by atoms with E-state index in [0.29, 0.717) is 0 Å². The number of carbonyl (C=O) groups excluding carboxylic acids is 1. The maximum atomic E-state index is 11.8. The van der Waals surface area contributed by atoms with Crippen LogP contribution in [0, 0.1) is 5.92 Å². The molecule has 0 heterocycles. The van der Waals surface area contributed by atoms with Gasteiger partial charge in [-0.05, 0) is 18.8 Å². The Morgan fingerprint density at radius 3 is 2.25 bits per heavy atom. The summed E-state index contributed by atoms with van der Waals surface area (Å²) in [5.41, 5.74) is 0. The zero-order valence-corrected chi connectivity index (χ0v) is 9.82. The van der Waals surface area contributed by atoms with Crippen molar-refractivity contribution in [2.75, 3.05) is 0 Å². The molecule has 0 aromatic rings. The number of carboxylic acid groups (broad SMARTS) is 1. The molecule has 16 heavy (non-hydrogen) atoms. The van der Waals surface area contributed by atoms with Crippen molar-refractivity contribution in [1.82, 2.24) is 10.6 Å². The molecule has 3 N–H and O–H groups in total. The zero-order valence-electron chi connectivity index (χ0n) is 9.82. The van der Waals surface area contributed by atoms with Crippen molar-refractivity contribution in [3.05, 3.63) is 0 Å². The highest BCUT2D eigenvalue weighted by molar-refractivity contribution is 5.85. The van der Waals surface area contributed by atoms with Gasteiger partial charge < -0.3 is 15.7 Å². The van der Waals surface area contributed by atoms with Crippen LogP contribution in [0.15, 0.2) is 0 Å². The molecule has 1 rings (SSSR count). The molecule has 0 aromatic heterocycles. The fourth-order valence-corrected chi connectivity index (χ4v) is 2.03. The zero-order chi connectivity index (χ0) is 12.1. The number of hydrogen-bond donors (Lipinski definition) is 3. The van der Waals surface area contributed by atoms with Crippen LogP contribution in [-0.2, 0) is 4.79 Å². The van der Waals surface area contributed by atoms with Gasteiger partial charge in [-0.2, -0.15) is 0 Å². The lowest BCUT2D eigenvalue weighted by Crippen LogP contribution is -2.51. The lowest BCUT2D eigenvalue weighted by atomic mass is 10.0. The van der Waals surface area contributed by atoms with Gasteiger partial charge in [0.2, 0.25) is 5.91 Å². The summed E-state index contributed by atoms with van der Waals surface area (Å²) in [6, 6.07) is -0.428. The minimum atomic E-state index is -1.15. The highest BCUT2D eigenvalue weighted by atomic mass is 16.4. The summed E-state index contributed by atoms with van der Waals surface area (Å²) in [5.74, 6) is -0.248. The van der Waals surface area contributed by atoms with Crippen LogP contribution in [0.25, 0.3) is 0 Å². The van der Waals surface area contributed by atoms with Crippen LogP contribution in [-0.4, -0.2) is 29.2 Å². The van der Waals surface area contributed by atoms with Gasteiger partial charge in [0.25, 0.3) is 0 Å². The van der Waals surface area contributed by atoms with E-state index in [4.69, 9.17) is 5.11 Å². The number of amides is 2.